The molecule has 0 aromatic carbocycles. The largest absolute Gasteiger partial charge is 0.388 e. The van der Waals surface area contributed by atoms with Crippen molar-refractivity contribution in [2.24, 2.45) is 5.73 Å². The fourth-order valence-corrected chi connectivity index (χ4v) is 2.34. The summed E-state index contributed by atoms with van der Waals surface area (Å²) in [7, 11) is 3.25. The molecule has 0 atom stereocenters. The van der Waals surface area contributed by atoms with Gasteiger partial charge in [0.25, 0.3) is 0 Å². The van der Waals surface area contributed by atoms with Crippen molar-refractivity contribution in [3.8, 4) is 0 Å². The number of unbranched alkanes of at least 4 members (excludes halogenated alkanes) is 13. The third-order valence-electron chi connectivity index (χ3n) is 3.56. The van der Waals surface area contributed by atoms with Gasteiger partial charge in [0, 0.05) is 14.2 Å². The van der Waals surface area contributed by atoms with Gasteiger partial charge in [-0.2, -0.15) is 0 Å². The molecular weight excluding hydrogens is 282 g/mol. The minimum Gasteiger partial charge on any atom is -0.388 e. The third kappa shape index (κ3) is 44.9. The van der Waals surface area contributed by atoms with E-state index in [1.165, 1.54) is 89.9 Å². The van der Waals surface area contributed by atoms with Crippen molar-refractivity contribution in [3.05, 3.63) is 12.7 Å². The summed E-state index contributed by atoms with van der Waals surface area (Å²) in [4.78, 5) is 0. The Morgan fingerprint density at radius 2 is 0.913 bits per heavy atom. The van der Waals surface area contributed by atoms with E-state index in [1.807, 2.05) is 6.92 Å². The molecule has 0 aliphatic heterocycles. The summed E-state index contributed by atoms with van der Waals surface area (Å²) in [6.45, 7) is 8.41. The first-order chi connectivity index (χ1) is 11.2. The smallest absolute Gasteiger partial charge is 0.0351 e. The van der Waals surface area contributed by atoms with E-state index in [-0.39, 0.29) is 0 Å². The lowest BCUT2D eigenvalue weighted by molar-refractivity contribution is 0.277. The van der Waals surface area contributed by atoms with Crippen LogP contribution in [-0.4, -0.2) is 20.8 Å². The molecule has 0 bridgehead atoms. The molecule has 142 valence electrons. The van der Waals surface area contributed by atoms with Crippen molar-refractivity contribution in [3.63, 3.8) is 0 Å². The highest BCUT2D eigenvalue weighted by atomic mass is 16.4. The maximum Gasteiger partial charge on any atom is 0.0351 e. The first kappa shape index (κ1) is 27.5. The van der Waals surface area contributed by atoms with E-state index in [9.17, 15) is 0 Å². The number of nitrogens with two attached hydrogens (primary N) is 1. The molecule has 0 aliphatic carbocycles. The number of ether oxygens (including phenoxy) is 1. The van der Waals surface area contributed by atoms with Gasteiger partial charge in [0.15, 0.2) is 0 Å². The molecule has 0 fully saturated rings. The number of methoxy groups -OCH3 is 1. The molecular formula is C21H47NO. The average molecular weight is 330 g/mol. The van der Waals surface area contributed by atoms with E-state index >= 15 is 0 Å². The summed E-state index contributed by atoms with van der Waals surface area (Å²) in [6, 6.07) is 0. The Balaban J connectivity index is -0.000000573. The Bertz CT molecular complexity index is 157. The molecule has 0 amide bonds. The van der Waals surface area contributed by atoms with E-state index in [2.05, 4.69) is 18.2 Å². The van der Waals surface area contributed by atoms with Crippen LogP contribution in [0.5, 0.6) is 0 Å². The van der Waals surface area contributed by atoms with Gasteiger partial charge in [-0.25, -0.2) is 0 Å². The second-order valence-electron chi connectivity index (χ2n) is 6.20. The second kappa shape index (κ2) is 33.3. The topological polar surface area (TPSA) is 35.2 Å². The number of hydrogen-bond acceptors (Lipinski definition) is 2. The quantitative estimate of drug-likeness (QED) is 0.278. The molecule has 2 nitrogen and oxygen atoms in total. The molecule has 0 saturated carbocycles. The van der Waals surface area contributed by atoms with E-state index in [0.29, 0.717) is 0 Å². The summed E-state index contributed by atoms with van der Waals surface area (Å²) in [6.07, 6.45) is 21.6. The van der Waals surface area contributed by atoms with Gasteiger partial charge in [-0.05, 0) is 19.9 Å². The fraction of sp³-hybridized carbons (Fsp3) is 0.905. The van der Waals surface area contributed by atoms with Crippen molar-refractivity contribution >= 4 is 0 Å². The average Bonchev–Trinajstić information content (AvgIpc) is 2.53. The van der Waals surface area contributed by atoms with Crippen molar-refractivity contribution in [2.75, 3.05) is 20.8 Å². The fourth-order valence-electron chi connectivity index (χ4n) is 2.34. The first-order valence-electron chi connectivity index (χ1n) is 9.92. The summed E-state index contributed by atoms with van der Waals surface area (Å²) in [5, 5.41) is 0. The Morgan fingerprint density at radius 1 is 0.696 bits per heavy atom. The number of allylic oxidation sites excluding steroid dienone is 1. The lowest BCUT2D eigenvalue weighted by Gasteiger charge is -2.02. The van der Waals surface area contributed by atoms with E-state index in [1.54, 1.807) is 20.3 Å². The standard InChI is InChI=1S/C16H35N.C3H6.C2H6O/c1-2-3-4-5-6-7-8-9-10-11-12-13-14-15-16-17;2*1-3-2/h2-17H2,1H3;3H,1H2,2H3;1-2H3. The Hall–Kier alpha value is -0.340. The van der Waals surface area contributed by atoms with Gasteiger partial charge in [0.05, 0.1) is 0 Å². The molecule has 0 heterocycles. The maximum atomic E-state index is 5.47. The second-order valence-corrected chi connectivity index (χ2v) is 6.20. The van der Waals surface area contributed by atoms with Gasteiger partial charge >= 0.3 is 0 Å². The third-order valence-corrected chi connectivity index (χ3v) is 3.56. The SMILES string of the molecule is C=CC.CCCCCCCCCCCCCCCCN.COC. The zero-order chi connectivity index (χ0) is 18.0. The zero-order valence-electron chi connectivity index (χ0n) is 16.9. The molecule has 0 spiro atoms. The zero-order valence-corrected chi connectivity index (χ0v) is 16.9. The van der Waals surface area contributed by atoms with Crippen LogP contribution in [0.25, 0.3) is 0 Å². The van der Waals surface area contributed by atoms with Crippen molar-refractivity contribution in [1.82, 2.24) is 0 Å². The Labute approximate surface area is 148 Å². The van der Waals surface area contributed by atoms with E-state index in [4.69, 9.17) is 5.73 Å². The molecule has 23 heavy (non-hydrogen) atoms. The van der Waals surface area contributed by atoms with Crippen LogP contribution >= 0.6 is 0 Å². The van der Waals surface area contributed by atoms with Crippen LogP contribution in [0, 0.1) is 0 Å². The van der Waals surface area contributed by atoms with Crippen LogP contribution in [0.15, 0.2) is 12.7 Å². The predicted octanol–water partition coefficient (Wildman–Crippen LogP) is 6.88. The van der Waals surface area contributed by atoms with Gasteiger partial charge < -0.3 is 10.5 Å². The van der Waals surface area contributed by atoms with Crippen molar-refractivity contribution in [2.45, 2.75) is 104 Å². The number of hydrogen-bond donors (Lipinski definition) is 1. The minimum atomic E-state index is 0.873. The van der Waals surface area contributed by atoms with E-state index in [0.717, 1.165) is 6.54 Å². The highest BCUT2D eigenvalue weighted by Gasteiger charge is 1.93. The van der Waals surface area contributed by atoms with Gasteiger partial charge in [-0.3, -0.25) is 0 Å². The molecule has 2 heteroatoms. The van der Waals surface area contributed by atoms with Crippen LogP contribution in [0.4, 0.5) is 0 Å². The molecule has 0 aliphatic rings. The van der Waals surface area contributed by atoms with Crippen LogP contribution in [0.2, 0.25) is 0 Å². The molecule has 0 unspecified atom stereocenters. The van der Waals surface area contributed by atoms with Crippen LogP contribution < -0.4 is 5.73 Å². The van der Waals surface area contributed by atoms with E-state index < -0.39 is 0 Å². The minimum absolute atomic E-state index is 0.873. The molecule has 0 saturated heterocycles. The first-order valence-corrected chi connectivity index (χ1v) is 9.92. The molecule has 0 aromatic heterocycles. The Morgan fingerprint density at radius 3 is 1.13 bits per heavy atom. The van der Waals surface area contributed by atoms with Crippen molar-refractivity contribution in [1.29, 1.82) is 0 Å². The predicted molar refractivity (Wildman–Crippen MR) is 108 cm³/mol. The normalized spacial score (nSPS) is 9.43. The van der Waals surface area contributed by atoms with Crippen molar-refractivity contribution < 1.29 is 4.74 Å². The number of rotatable bonds is 14. The van der Waals surface area contributed by atoms with Gasteiger partial charge in [-0.1, -0.05) is 96.5 Å². The van der Waals surface area contributed by atoms with Gasteiger partial charge in [0.2, 0.25) is 0 Å². The lowest BCUT2D eigenvalue weighted by Crippen LogP contribution is -1.97. The monoisotopic (exact) mass is 329 g/mol. The summed E-state index contributed by atoms with van der Waals surface area (Å²) >= 11 is 0. The summed E-state index contributed by atoms with van der Waals surface area (Å²) < 4.78 is 4.25. The Kier molecular flexibility index (Phi) is 39.8. The molecule has 0 rings (SSSR count). The maximum absolute atomic E-state index is 5.47. The van der Waals surface area contributed by atoms with Gasteiger partial charge in [-0.15, -0.1) is 6.58 Å². The van der Waals surface area contributed by atoms with Crippen LogP contribution in [0.3, 0.4) is 0 Å². The van der Waals surface area contributed by atoms with Crippen LogP contribution in [0.1, 0.15) is 104 Å². The van der Waals surface area contributed by atoms with Gasteiger partial charge in [0.1, 0.15) is 0 Å². The van der Waals surface area contributed by atoms with Crippen LogP contribution in [-0.2, 0) is 4.74 Å². The summed E-state index contributed by atoms with van der Waals surface area (Å²) in [5.74, 6) is 0. The molecule has 0 radical (unpaired) electrons. The summed E-state index contributed by atoms with van der Waals surface area (Å²) in [5.41, 5.74) is 5.47. The molecule has 0 aromatic rings. The molecule has 2 N–H and O–H groups in total. The highest BCUT2D eigenvalue weighted by molar-refractivity contribution is 4.51. The lowest BCUT2D eigenvalue weighted by atomic mass is 10.0. The highest BCUT2D eigenvalue weighted by Crippen LogP contribution is 2.12.